The predicted octanol–water partition coefficient (Wildman–Crippen LogP) is 1.62. The monoisotopic (exact) mass is 244 g/mol. The normalized spacial score (nSPS) is 14.1. The number of anilines is 2. The smallest absolute Gasteiger partial charge is 0.111 e. The Morgan fingerprint density at radius 2 is 1.00 bits per heavy atom. The maximum atomic E-state index is 10.2. The minimum atomic E-state index is -1.10. The fourth-order valence-electron chi connectivity index (χ4n) is 1.90. The first kappa shape index (κ1) is 12.4. The number of rotatable bonds is 3. The molecule has 0 aliphatic carbocycles. The number of aliphatic hydroxyl groups is 2. The molecule has 2 aromatic carbocycles. The van der Waals surface area contributed by atoms with E-state index in [4.69, 9.17) is 11.5 Å². The molecule has 0 bridgehead atoms. The van der Waals surface area contributed by atoms with Gasteiger partial charge in [-0.25, -0.2) is 0 Å². The summed E-state index contributed by atoms with van der Waals surface area (Å²) in [7, 11) is 0. The maximum Gasteiger partial charge on any atom is 0.111 e. The largest absolute Gasteiger partial charge is 0.398 e. The molecular formula is C14H16N2O2. The van der Waals surface area contributed by atoms with Crippen molar-refractivity contribution < 1.29 is 10.2 Å². The highest BCUT2D eigenvalue weighted by atomic mass is 16.3. The number of hydrogen-bond donors (Lipinski definition) is 4. The van der Waals surface area contributed by atoms with Crippen LogP contribution in [-0.4, -0.2) is 10.2 Å². The highest BCUT2D eigenvalue weighted by Crippen LogP contribution is 2.33. The number of nitrogens with two attached hydrogens (primary N) is 2. The van der Waals surface area contributed by atoms with Crippen LogP contribution in [0.3, 0.4) is 0 Å². The lowest BCUT2D eigenvalue weighted by Crippen LogP contribution is -2.13. The van der Waals surface area contributed by atoms with Crippen LogP contribution in [-0.2, 0) is 0 Å². The summed E-state index contributed by atoms with van der Waals surface area (Å²) in [5.74, 6) is 0. The van der Waals surface area contributed by atoms with Crippen LogP contribution in [0.15, 0.2) is 48.5 Å². The van der Waals surface area contributed by atoms with E-state index in [0.29, 0.717) is 22.5 Å². The van der Waals surface area contributed by atoms with Gasteiger partial charge in [0.05, 0.1) is 0 Å². The van der Waals surface area contributed by atoms with E-state index in [1.54, 1.807) is 48.5 Å². The zero-order valence-electron chi connectivity index (χ0n) is 9.82. The topological polar surface area (TPSA) is 92.5 Å². The first-order valence-corrected chi connectivity index (χ1v) is 5.66. The first-order chi connectivity index (χ1) is 8.61. The Balaban J connectivity index is 2.33. The third-order valence-corrected chi connectivity index (χ3v) is 2.93. The van der Waals surface area contributed by atoms with Gasteiger partial charge in [-0.15, -0.1) is 0 Å². The second-order valence-electron chi connectivity index (χ2n) is 4.15. The van der Waals surface area contributed by atoms with Gasteiger partial charge in [0, 0.05) is 22.5 Å². The Labute approximate surface area is 105 Å². The van der Waals surface area contributed by atoms with E-state index >= 15 is 0 Å². The standard InChI is InChI=1S/C14H16N2O2/c15-11-7-3-1-5-9(11)13(17)14(18)10-6-2-4-8-12(10)16/h1-8,13-14,17-18H,15-16H2. The Kier molecular flexibility index (Phi) is 3.50. The molecule has 2 rings (SSSR count). The molecule has 0 aromatic heterocycles. The number of benzene rings is 2. The van der Waals surface area contributed by atoms with E-state index in [0.717, 1.165) is 0 Å². The number of para-hydroxylation sites is 2. The van der Waals surface area contributed by atoms with E-state index in [9.17, 15) is 10.2 Å². The molecule has 0 saturated carbocycles. The first-order valence-electron chi connectivity index (χ1n) is 5.66. The number of hydrogen-bond acceptors (Lipinski definition) is 4. The second-order valence-corrected chi connectivity index (χ2v) is 4.15. The summed E-state index contributed by atoms with van der Waals surface area (Å²) in [6.07, 6.45) is -2.20. The van der Waals surface area contributed by atoms with Crippen molar-refractivity contribution in [3.63, 3.8) is 0 Å². The van der Waals surface area contributed by atoms with Gasteiger partial charge in [0.25, 0.3) is 0 Å². The van der Waals surface area contributed by atoms with Crippen LogP contribution >= 0.6 is 0 Å². The third kappa shape index (κ3) is 2.30. The molecule has 0 spiro atoms. The van der Waals surface area contributed by atoms with Gasteiger partial charge in [-0.2, -0.15) is 0 Å². The van der Waals surface area contributed by atoms with Crippen molar-refractivity contribution in [2.75, 3.05) is 11.5 Å². The average molecular weight is 244 g/mol. The van der Waals surface area contributed by atoms with Crippen LogP contribution in [0.2, 0.25) is 0 Å². The molecular weight excluding hydrogens is 228 g/mol. The van der Waals surface area contributed by atoms with E-state index in [1.807, 2.05) is 0 Å². The quantitative estimate of drug-likeness (QED) is 0.617. The van der Waals surface area contributed by atoms with Gasteiger partial charge in [-0.3, -0.25) is 0 Å². The molecule has 0 aliphatic heterocycles. The second kappa shape index (κ2) is 5.08. The highest BCUT2D eigenvalue weighted by Gasteiger charge is 2.23. The minimum Gasteiger partial charge on any atom is -0.398 e. The number of aliphatic hydroxyl groups excluding tert-OH is 2. The summed E-state index contributed by atoms with van der Waals surface area (Å²) in [6, 6.07) is 13.8. The summed E-state index contributed by atoms with van der Waals surface area (Å²) in [5, 5.41) is 20.3. The van der Waals surface area contributed by atoms with Crippen molar-refractivity contribution >= 4 is 11.4 Å². The molecule has 2 unspecified atom stereocenters. The van der Waals surface area contributed by atoms with Gasteiger partial charge >= 0.3 is 0 Å². The summed E-state index contributed by atoms with van der Waals surface area (Å²) in [5.41, 5.74) is 13.4. The zero-order valence-corrected chi connectivity index (χ0v) is 9.82. The SMILES string of the molecule is Nc1ccccc1C(O)C(O)c1ccccc1N. The third-order valence-electron chi connectivity index (χ3n) is 2.93. The van der Waals surface area contributed by atoms with E-state index < -0.39 is 12.2 Å². The molecule has 0 radical (unpaired) electrons. The zero-order chi connectivity index (χ0) is 13.1. The van der Waals surface area contributed by atoms with E-state index in [1.165, 1.54) is 0 Å². The van der Waals surface area contributed by atoms with Crippen LogP contribution in [0.4, 0.5) is 11.4 Å². The molecule has 6 N–H and O–H groups in total. The maximum absolute atomic E-state index is 10.2. The number of nitrogen functional groups attached to an aromatic ring is 2. The molecule has 4 heteroatoms. The van der Waals surface area contributed by atoms with Crippen molar-refractivity contribution in [3.05, 3.63) is 59.7 Å². The van der Waals surface area contributed by atoms with Crippen molar-refractivity contribution in [1.82, 2.24) is 0 Å². The van der Waals surface area contributed by atoms with Crippen LogP contribution in [0.1, 0.15) is 23.3 Å². The van der Waals surface area contributed by atoms with E-state index in [-0.39, 0.29) is 0 Å². The van der Waals surface area contributed by atoms with Crippen molar-refractivity contribution in [2.24, 2.45) is 0 Å². The molecule has 18 heavy (non-hydrogen) atoms. The van der Waals surface area contributed by atoms with Crippen molar-refractivity contribution in [1.29, 1.82) is 0 Å². The summed E-state index contributed by atoms with van der Waals surface area (Å²) in [4.78, 5) is 0. The van der Waals surface area contributed by atoms with Crippen molar-refractivity contribution in [3.8, 4) is 0 Å². The van der Waals surface area contributed by atoms with Gasteiger partial charge in [-0.1, -0.05) is 36.4 Å². The van der Waals surface area contributed by atoms with Crippen LogP contribution in [0.25, 0.3) is 0 Å². The lowest BCUT2D eigenvalue weighted by Gasteiger charge is -2.21. The fraction of sp³-hybridized carbons (Fsp3) is 0.143. The minimum absolute atomic E-state index is 0.443. The highest BCUT2D eigenvalue weighted by molar-refractivity contribution is 5.51. The molecule has 0 fully saturated rings. The van der Waals surface area contributed by atoms with Crippen LogP contribution < -0.4 is 11.5 Å². The summed E-state index contributed by atoms with van der Waals surface area (Å²) >= 11 is 0. The van der Waals surface area contributed by atoms with Gasteiger partial charge in [-0.05, 0) is 12.1 Å². The molecule has 2 aromatic rings. The molecule has 0 aliphatic rings. The molecule has 0 heterocycles. The lowest BCUT2D eigenvalue weighted by molar-refractivity contribution is 0.0181. The Morgan fingerprint density at radius 1 is 0.667 bits per heavy atom. The molecule has 0 saturated heterocycles. The fourth-order valence-corrected chi connectivity index (χ4v) is 1.90. The Bertz CT molecular complexity index is 493. The Hall–Kier alpha value is -2.04. The van der Waals surface area contributed by atoms with Crippen LogP contribution in [0, 0.1) is 0 Å². The predicted molar refractivity (Wildman–Crippen MR) is 71.6 cm³/mol. The van der Waals surface area contributed by atoms with Crippen LogP contribution in [0.5, 0.6) is 0 Å². The molecule has 94 valence electrons. The molecule has 2 atom stereocenters. The summed E-state index contributed by atoms with van der Waals surface area (Å²) in [6.45, 7) is 0. The molecule has 4 nitrogen and oxygen atoms in total. The Morgan fingerprint density at radius 3 is 1.33 bits per heavy atom. The lowest BCUT2D eigenvalue weighted by atomic mass is 9.96. The van der Waals surface area contributed by atoms with Gasteiger partial charge in [0.15, 0.2) is 0 Å². The molecule has 0 amide bonds. The van der Waals surface area contributed by atoms with Gasteiger partial charge in [0.2, 0.25) is 0 Å². The van der Waals surface area contributed by atoms with Gasteiger partial charge in [0.1, 0.15) is 12.2 Å². The summed E-state index contributed by atoms with van der Waals surface area (Å²) < 4.78 is 0. The van der Waals surface area contributed by atoms with E-state index in [2.05, 4.69) is 0 Å². The average Bonchev–Trinajstić information content (AvgIpc) is 2.38. The van der Waals surface area contributed by atoms with Gasteiger partial charge < -0.3 is 21.7 Å². The van der Waals surface area contributed by atoms with Crippen molar-refractivity contribution in [2.45, 2.75) is 12.2 Å².